The number of carbonyl (C=O) groups is 1. The third-order valence-electron chi connectivity index (χ3n) is 5.77. The van der Waals surface area contributed by atoms with Gasteiger partial charge in [-0.3, -0.25) is 4.79 Å². The molecule has 162 valence electrons. The first kappa shape index (κ1) is 22.5. The Morgan fingerprint density at radius 2 is 1.90 bits per heavy atom. The lowest BCUT2D eigenvalue weighted by Crippen LogP contribution is -2.47. The minimum absolute atomic E-state index is 0.0107. The number of hydrogen-bond acceptors (Lipinski definition) is 6. The van der Waals surface area contributed by atoms with E-state index in [2.05, 4.69) is 15.2 Å². The van der Waals surface area contributed by atoms with E-state index in [0.29, 0.717) is 24.0 Å². The molecule has 0 bridgehead atoms. The number of rotatable bonds is 7. The fraction of sp³-hybridized carbons (Fsp3) is 0.700. The standard InChI is InChI=1S/C20H32N4O3S2/c1-16(20(25)22-14-17-6-4-3-5-7-17)28-19-9-8-18(15-21-19)29(26,27)24-12-10-23(2)11-13-24/h8-9,15-17H,3-7,10-14H2,1-2H3,(H,22,25)/t16-/m1/s1. The number of thioether (sulfide) groups is 1. The van der Waals surface area contributed by atoms with Crippen molar-refractivity contribution in [3.63, 3.8) is 0 Å². The molecule has 1 aliphatic carbocycles. The van der Waals surface area contributed by atoms with Gasteiger partial charge >= 0.3 is 0 Å². The summed E-state index contributed by atoms with van der Waals surface area (Å²) >= 11 is 1.36. The number of piperazine rings is 1. The molecule has 1 saturated heterocycles. The lowest BCUT2D eigenvalue weighted by Gasteiger charge is -2.31. The van der Waals surface area contributed by atoms with Crippen LogP contribution in [0.2, 0.25) is 0 Å². The normalized spacial score (nSPS) is 21.0. The molecule has 1 aliphatic heterocycles. The molecule has 2 aliphatic rings. The number of pyridine rings is 1. The topological polar surface area (TPSA) is 82.6 Å². The van der Waals surface area contributed by atoms with E-state index in [-0.39, 0.29) is 16.1 Å². The number of nitrogens with one attached hydrogen (secondary N) is 1. The fourth-order valence-electron chi connectivity index (χ4n) is 3.78. The quantitative estimate of drug-likeness (QED) is 0.655. The maximum absolute atomic E-state index is 12.8. The highest BCUT2D eigenvalue weighted by molar-refractivity contribution is 8.00. The third-order valence-corrected chi connectivity index (χ3v) is 8.70. The van der Waals surface area contributed by atoms with Crippen molar-refractivity contribution in [3.05, 3.63) is 18.3 Å². The first-order valence-electron chi connectivity index (χ1n) is 10.5. The first-order valence-corrected chi connectivity index (χ1v) is 12.8. The molecule has 2 heterocycles. The molecule has 3 rings (SSSR count). The van der Waals surface area contributed by atoms with Gasteiger partial charge in [0.05, 0.1) is 10.3 Å². The second-order valence-electron chi connectivity index (χ2n) is 8.05. The molecule has 9 heteroatoms. The molecule has 29 heavy (non-hydrogen) atoms. The Hall–Kier alpha value is -1.16. The summed E-state index contributed by atoms with van der Waals surface area (Å²) in [6.07, 6.45) is 7.64. The van der Waals surface area contributed by atoms with Gasteiger partial charge in [0.1, 0.15) is 4.90 Å². The van der Waals surface area contributed by atoms with Crippen LogP contribution < -0.4 is 5.32 Å². The van der Waals surface area contributed by atoms with Crippen LogP contribution in [-0.2, 0) is 14.8 Å². The number of likely N-dealkylation sites (N-methyl/N-ethyl adjacent to an activating group) is 1. The summed E-state index contributed by atoms with van der Waals surface area (Å²) in [5.41, 5.74) is 0. The van der Waals surface area contributed by atoms with Crippen LogP contribution in [0.3, 0.4) is 0 Å². The summed E-state index contributed by atoms with van der Waals surface area (Å²) in [7, 11) is -1.52. The van der Waals surface area contributed by atoms with Gasteiger partial charge in [0.2, 0.25) is 15.9 Å². The Kier molecular flexibility index (Phi) is 7.95. The Balaban J connectivity index is 1.52. The highest BCUT2D eigenvalue weighted by Crippen LogP contribution is 2.25. The molecule has 1 saturated carbocycles. The number of sulfonamides is 1. The highest BCUT2D eigenvalue weighted by atomic mass is 32.2. The Bertz CT molecular complexity index is 771. The Morgan fingerprint density at radius 1 is 1.21 bits per heavy atom. The van der Waals surface area contributed by atoms with Gasteiger partial charge in [0.15, 0.2) is 0 Å². The molecule has 1 amide bonds. The van der Waals surface area contributed by atoms with E-state index in [1.165, 1.54) is 54.4 Å². The molecule has 1 aromatic heterocycles. The number of amides is 1. The number of aromatic nitrogens is 1. The summed E-state index contributed by atoms with van der Waals surface area (Å²) in [5.74, 6) is 0.610. The van der Waals surface area contributed by atoms with Gasteiger partial charge in [0.25, 0.3) is 0 Å². The van der Waals surface area contributed by atoms with Crippen molar-refractivity contribution >= 4 is 27.7 Å². The van der Waals surface area contributed by atoms with Crippen molar-refractivity contribution in [2.75, 3.05) is 39.8 Å². The van der Waals surface area contributed by atoms with E-state index >= 15 is 0 Å². The van der Waals surface area contributed by atoms with Crippen LogP contribution in [0.5, 0.6) is 0 Å². The lowest BCUT2D eigenvalue weighted by atomic mass is 9.89. The molecular formula is C20H32N4O3S2. The Labute approximate surface area is 178 Å². The van der Waals surface area contributed by atoms with Crippen LogP contribution in [0.1, 0.15) is 39.0 Å². The molecule has 7 nitrogen and oxygen atoms in total. The van der Waals surface area contributed by atoms with Crippen LogP contribution in [0.15, 0.2) is 28.3 Å². The largest absolute Gasteiger partial charge is 0.355 e. The summed E-state index contributed by atoms with van der Waals surface area (Å²) in [6, 6.07) is 3.29. The predicted octanol–water partition coefficient (Wildman–Crippen LogP) is 2.19. The number of nitrogens with zero attached hydrogens (tertiary/aromatic N) is 3. The lowest BCUT2D eigenvalue weighted by molar-refractivity contribution is -0.120. The number of carbonyl (C=O) groups excluding carboxylic acids is 1. The molecule has 0 unspecified atom stereocenters. The van der Waals surface area contributed by atoms with Crippen molar-refractivity contribution in [1.82, 2.24) is 19.5 Å². The van der Waals surface area contributed by atoms with E-state index in [0.717, 1.165) is 19.6 Å². The molecule has 1 atom stereocenters. The van der Waals surface area contributed by atoms with E-state index in [9.17, 15) is 13.2 Å². The molecule has 0 aromatic carbocycles. The maximum Gasteiger partial charge on any atom is 0.244 e. The minimum atomic E-state index is -3.51. The van der Waals surface area contributed by atoms with Crippen molar-refractivity contribution in [1.29, 1.82) is 0 Å². The average Bonchev–Trinajstić information content (AvgIpc) is 2.73. The predicted molar refractivity (Wildman–Crippen MR) is 115 cm³/mol. The monoisotopic (exact) mass is 440 g/mol. The summed E-state index contributed by atoms with van der Waals surface area (Å²) in [4.78, 5) is 19.0. The molecule has 0 radical (unpaired) electrons. The minimum Gasteiger partial charge on any atom is -0.355 e. The second kappa shape index (κ2) is 10.2. The van der Waals surface area contributed by atoms with Crippen molar-refractivity contribution in [3.8, 4) is 0 Å². The van der Waals surface area contributed by atoms with Gasteiger partial charge in [-0.1, -0.05) is 31.0 Å². The molecule has 2 fully saturated rings. The van der Waals surface area contributed by atoms with Gasteiger partial charge in [-0.2, -0.15) is 4.31 Å². The van der Waals surface area contributed by atoms with Gasteiger partial charge in [-0.25, -0.2) is 13.4 Å². The summed E-state index contributed by atoms with van der Waals surface area (Å²) in [5, 5.41) is 3.44. The fourth-order valence-corrected chi connectivity index (χ4v) is 5.96. The van der Waals surface area contributed by atoms with Gasteiger partial charge in [-0.15, -0.1) is 0 Å². The van der Waals surface area contributed by atoms with Crippen molar-refractivity contribution < 1.29 is 13.2 Å². The molecular weight excluding hydrogens is 408 g/mol. The first-order chi connectivity index (χ1) is 13.9. The van der Waals surface area contributed by atoms with E-state index < -0.39 is 10.0 Å². The smallest absolute Gasteiger partial charge is 0.244 e. The van der Waals surface area contributed by atoms with Crippen LogP contribution in [0, 0.1) is 5.92 Å². The average molecular weight is 441 g/mol. The van der Waals surface area contributed by atoms with E-state index in [4.69, 9.17) is 0 Å². The summed E-state index contributed by atoms with van der Waals surface area (Å²) in [6.45, 7) is 5.06. The summed E-state index contributed by atoms with van der Waals surface area (Å²) < 4.78 is 27.0. The SMILES string of the molecule is C[C@@H](Sc1ccc(S(=O)(=O)N2CCN(C)CC2)cn1)C(=O)NCC1CCCCC1. The zero-order valence-electron chi connectivity index (χ0n) is 17.3. The van der Waals surface area contributed by atoms with Gasteiger partial charge in [-0.05, 0) is 44.9 Å². The highest BCUT2D eigenvalue weighted by Gasteiger charge is 2.28. The molecule has 0 spiro atoms. The zero-order chi connectivity index (χ0) is 20.9. The molecule has 1 N–H and O–H groups in total. The second-order valence-corrected chi connectivity index (χ2v) is 11.3. The number of hydrogen-bond donors (Lipinski definition) is 1. The van der Waals surface area contributed by atoms with Crippen LogP contribution in [-0.4, -0.2) is 73.5 Å². The van der Waals surface area contributed by atoms with Crippen LogP contribution in [0.4, 0.5) is 0 Å². The van der Waals surface area contributed by atoms with E-state index in [1.807, 2.05) is 14.0 Å². The van der Waals surface area contributed by atoms with Crippen LogP contribution >= 0.6 is 11.8 Å². The van der Waals surface area contributed by atoms with Crippen molar-refractivity contribution in [2.24, 2.45) is 5.92 Å². The van der Waals surface area contributed by atoms with Crippen LogP contribution in [0.25, 0.3) is 0 Å². The van der Waals surface area contributed by atoms with Crippen molar-refractivity contribution in [2.45, 2.75) is 54.2 Å². The maximum atomic E-state index is 12.8. The van der Waals surface area contributed by atoms with Gasteiger partial charge in [0, 0.05) is 38.9 Å². The Morgan fingerprint density at radius 3 is 2.52 bits per heavy atom. The van der Waals surface area contributed by atoms with Gasteiger partial charge < -0.3 is 10.2 Å². The zero-order valence-corrected chi connectivity index (χ0v) is 19.0. The third kappa shape index (κ3) is 6.16. The molecule has 1 aromatic rings. The van der Waals surface area contributed by atoms with E-state index in [1.54, 1.807) is 12.1 Å².